The van der Waals surface area contributed by atoms with E-state index in [1.165, 1.54) is 38.5 Å². The minimum Gasteiger partial charge on any atom is -0.339 e. The minimum absolute atomic E-state index is 0.158. The smallest absolute Gasteiger partial charge is 0.225 e. The predicted molar refractivity (Wildman–Crippen MR) is 76.3 cm³/mol. The third-order valence-corrected chi connectivity index (χ3v) is 4.19. The molecule has 0 aromatic rings. The van der Waals surface area contributed by atoms with Crippen LogP contribution in [0.4, 0.5) is 0 Å². The van der Waals surface area contributed by atoms with Gasteiger partial charge in [0.1, 0.15) is 0 Å². The SMILES string of the molecule is CCC(C)C(=O)N(CCCN)C1CCCCCC1. The lowest BCUT2D eigenvalue weighted by Gasteiger charge is -2.33. The van der Waals surface area contributed by atoms with Crippen molar-refractivity contribution < 1.29 is 4.79 Å². The molecule has 0 radical (unpaired) electrons. The fourth-order valence-electron chi connectivity index (χ4n) is 2.76. The summed E-state index contributed by atoms with van der Waals surface area (Å²) in [6.07, 6.45) is 9.45. The predicted octanol–water partition coefficient (Wildman–Crippen LogP) is 2.93. The molecule has 0 aromatic carbocycles. The third kappa shape index (κ3) is 4.60. The van der Waals surface area contributed by atoms with Crippen LogP contribution >= 0.6 is 0 Å². The second-order valence-corrected chi connectivity index (χ2v) is 5.63. The molecule has 0 heterocycles. The van der Waals surface area contributed by atoms with Gasteiger partial charge in [0.2, 0.25) is 5.91 Å². The second-order valence-electron chi connectivity index (χ2n) is 5.63. The summed E-state index contributed by atoms with van der Waals surface area (Å²) in [5.41, 5.74) is 5.61. The summed E-state index contributed by atoms with van der Waals surface area (Å²) in [7, 11) is 0. The molecule has 0 aromatic heterocycles. The number of carbonyl (C=O) groups excluding carboxylic acids is 1. The van der Waals surface area contributed by atoms with Crippen molar-refractivity contribution in [2.45, 2.75) is 71.3 Å². The van der Waals surface area contributed by atoms with Gasteiger partial charge in [-0.05, 0) is 32.2 Å². The number of carbonyl (C=O) groups is 1. The Morgan fingerprint density at radius 2 is 1.89 bits per heavy atom. The molecule has 106 valence electrons. The third-order valence-electron chi connectivity index (χ3n) is 4.19. The standard InChI is InChI=1S/C15H30N2O/c1-3-13(2)15(18)17(12-8-11-16)14-9-6-4-5-7-10-14/h13-14H,3-12,16H2,1-2H3. The summed E-state index contributed by atoms with van der Waals surface area (Å²) in [4.78, 5) is 14.6. The van der Waals surface area contributed by atoms with Gasteiger partial charge in [-0.1, -0.05) is 39.5 Å². The molecular formula is C15H30N2O. The first-order valence-corrected chi connectivity index (χ1v) is 7.71. The van der Waals surface area contributed by atoms with E-state index in [1.807, 2.05) is 0 Å². The molecule has 0 aliphatic heterocycles. The Bertz CT molecular complexity index is 235. The Morgan fingerprint density at radius 1 is 1.28 bits per heavy atom. The highest BCUT2D eigenvalue weighted by molar-refractivity contribution is 5.78. The van der Waals surface area contributed by atoms with Crippen molar-refractivity contribution in [3.8, 4) is 0 Å². The van der Waals surface area contributed by atoms with Crippen LogP contribution in [0.15, 0.2) is 0 Å². The largest absolute Gasteiger partial charge is 0.339 e. The van der Waals surface area contributed by atoms with Gasteiger partial charge in [0.25, 0.3) is 0 Å². The van der Waals surface area contributed by atoms with E-state index >= 15 is 0 Å². The number of hydrogen-bond acceptors (Lipinski definition) is 2. The number of nitrogens with two attached hydrogens (primary N) is 1. The quantitative estimate of drug-likeness (QED) is 0.741. The van der Waals surface area contributed by atoms with Crippen LogP contribution in [0.1, 0.15) is 65.2 Å². The van der Waals surface area contributed by atoms with Crippen LogP contribution in [-0.4, -0.2) is 29.9 Å². The lowest BCUT2D eigenvalue weighted by molar-refractivity contribution is -0.137. The Balaban J connectivity index is 2.65. The molecule has 0 saturated heterocycles. The zero-order chi connectivity index (χ0) is 13.4. The van der Waals surface area contributed by atoms with Crippen LogP contribution in [0.25, 0.3) is 0 Å². The van der Waals surface area contributed by atoms with Gasteiger partial charge in [-0.15, -0.1) is 0 Å². The Kier molecular flexibility index (Phi) is 7.33. The molecule has 1 aliphatic rings. The maximum atomic E-state index is 12.5. The maximum absolute atomic E-state index is 12.5. The van der Waals surface area contributed by atoms with Gasteiger partial charge in [-0.3, -0.25) is 4.79 Å². The van der Waals surface area contributed by atoms with E-state index in [2.05, 4.69) is 18.7 Å². The number of rotatable bonds is 6. The fourth-order valence-corrected chi connectivity index (χ4v) is 2.76. The van der Waals surface area contributed by atoms with Gasteiger partial charge >= 0.3 is 0 Å². The van der Waals surface area contributed by atoms with Gasteiger partial charge < -0.3 is 10.6 Å². The normalized spacial score (nSPS) is 19.3. The van der Waals surface area contributed by atoms with Crippen molar-refractivity contribution in [2.24, 2.45) is 11.7 Å². The van der Waals surface area contributed by atoms with Crippen LogP contribution in [-0.2, 0) is 4.79 Å². The molecule has 1 atom stereocenters. The summed E-state index contributed by atoms with van der Waals surface area (Å²) in [6.45, 7) is 5.67. The molecule has 0 bridgehead atoms. The van der Waals surface area contributed by atoms with E-state index in [-0.39, 0.29) is 5.92 Å². The zero-order valence-corrected chi connectivity index (χ0v) is 12.2. The highest BCUT2D eigenvalue weighted by atomic mass is 16.2. The van der Waals surface area contributed by atoms with Gasteiger partial charge in [-0.25, -0.2) is 0 Å². The second kappa shape index (κ2) is 8.52. The van der Waals surface area contributed by atoms with Crippen LogP contribution in [0.5, 0.6) is 0 Å². The molecular weight excluding hydrogens is 224 g/mol. The van der Waals surface area contributed by atoms with Crippen LogP contribution in [0.3, 0.4) is 0 Å². The molecule has 0 spiro atoms. The van der Waals surface area contributed by atoms with Crippen molar-refractivity contribution in [2.75, 3.05) is 13.1 Å². The molecule has 3 nitrogen and oxygen atoms in total. The van der Waals surface area contributed by atoms with Crippen molar-refractivity contribution >= 4 is 5.91 Å². The molecule has 1 rings (SSSR count). The first-order chi connectivity index (χ1) is 8.70. The van der Waals surface area contributed by atoms with E-state index in [1.54, 1.807) is 0 Å². The summed E-state index contributed by atoms with van der Waals surface area (Å²) >= 11 is 0. The highest BCUT2D eigenvalue weighted by Crippen LogP contribution is 2.24. The molecule has 1 aliphatic carbocycles. The van der Waals surface area contributed by atoms with Crippen LogP contribution < -0.4 is 5.73 Å². The first kappa shape index (κ1) is 15.5. The molecule has 1 saturated carbocycles. The van der Waals surface area contributed by atoms with E-state index in [4.69, 9.17) is 5.73 Å². The Labute approximate surface area is 112 Å². The molecule has 2 N–H and O–H groups in total. The minimum atomic E-state index is 0.158. The van der Waals surface area contributed by atoms with Crippen molar-refractivity contribution in [3.63, 3.8) is 0 Å². The highest BCUT2D eigenvalue weighted by Gasteiger charge is 2.26. The first-order valence-electron chi connectivity index (χ1n) is 7.71. The summed E-state index contributed by atoms with van der Waals surface area (Å²) < 4.78 is 0. The van der Waals surface area contributed by atoms with E-state index in [0.717, 1.165) is 19.4 Å². The van der Waals surface area contributed by atoms with Gasteiger partial charge in [0, 0.05) is 18.5 Å². The molecule has 3 heteroatoms. The molecule has 1 unspecified atom stereocenters. The average molecular weight is 254 g/mol. The van der Waals surface area contributed by atoms with Gasteiger partial charge in [-0.2, -0.15) is 0 Å². The average Bonchev–Trinajstić information content (AvgIpc) is 2.67. The summed E-state index contributed by atoms with van der Waals surface area (Å²) in [6, 6.07) is 0.473. The van der Waals surface area contributed by atoms with Crippen molar-refractivity contribution in [3.05, 3.63) is 0 Å². The van der Waals surface area contributed by atoms with E-state index in [9.17, 15) is 4.79 Å². The molecule has 18 heavy (non-hydrogen) atoms. The van der Waals surface area contributed by atoms with Gasteiger partial charge in [0.05, 0.1) is 0 Å². The molecule has 1 amide bonds. The van der Waals surface area contributed by atoms with Crippen molar-refractivity contribution in [1.82, 2.24) is 4.90 Å². The summed E-state index contributed by atoms with van der Waals surface area (Å²) in [5, 5.41) is 0. The lowest BCUT2D eigenvalue weighted by Crippen LogP contribution is -2.43. The van der Waals surface area contributed by atoms with E-state index < -0.39 is 0 Å². The fraction of sp³-hybridized carbons (Fsp3) is 0.933. The number of amides is 1. The molecule has 1 fully saturated rings. The lowest BCUT2D eigenvalue weighted by atomic mass is 10.0. The zero-order valence-electron chi connectivity index (χ0n) is 12.2. The van der Waals surface area contributed by atoms with Crippen molar-refractivity contribution in [1.29, 1.82) is 0 Å². The maximum Gasteiger partial charge on any atom is 0.225 e. The summed E-state index contributed by atoms with van der Waals surface area (Å²) in [5.74, 6) is 0.504. The number of nitrogens with zero attached hydrogens (tertiary/aromatic N) is 1. The number of hydrogen-bond donors (Lipinski definition) is 1. The Morgan fingerprint density at radius 3 is 2.39 bits per heavy atom. The topological polar surface area (TPSA) is 46.3 Å². The van der Waals surface area contributed by atoms with Crippen LogP contribution in [0, 0.1) is 5.92 Å². The van der Waals surface area contributed by atoms with Crippen LogP contribution in [0.2, 0.25) is 0 Å². The monoisotopic (exact) mass is 254 g/mol. The van der Waals surface area contributed by atoms with E-state index in [0.29, 0.717) is 18.5 Å². The Hall–Kier alpha value is -0.570. The van der Waals surface area contributed by atoms with Gasteiger partial charge in [0.15, 0.2) is 0 Å².